The fraction of sp³-hybridized carbons (Fsp3) is 0.182. The lowest BCUT2D eigenvalue weighted by Crippen LogP contribution is -2.37. The van der Waals surface area contributed by atoms with E-state index in [2.05, 4.69) is 24.2 Å². The molecule has 136 valence electrons. The van der Waals surface area contributed by atoms with Gasteiger partial charge in [0.25, 0.3) is 5.91 Å². The Hall–Kier alpha value is -3.34. The third-order valence-electron chi connectivity index (χ3n) is 4.83. The largest absolute Gasteiger partial charge is 0.493 e. The predicted molar refractivity (Wildman–Crippen MR) is 107 cm³/mol. The first kappa shape index (κ1) is 17.1. The monoisotopic (exact) mass is 360 g/mol. The normalized spacial score (nSPS) is 16.9. The van der Waals surface area contributed by atoms with Crippen LogP contribution in [-0.2, 0) is 6.42 Å². The van der Waals surface area contributed by atoms with Crippen molar-refractivity contribution in [2.45, 2.75) is 12.5 Å². The second-order valence-corrected chi connectivity index (χ2v) is 6.52. The first-order valence-electron chi connectivity index (χ1n) is 8.73. The molecule has 5 nitrogen and oxygen atoms in total. The van der Waals surface area contributed by atoms with Gasteiger partial charge in [0.2, 0.25) is 0 Å². The third kappa shape index (κ3) is 2.91. The molecule has 0 N–H and O–H groups in total. The van der Waals surface area contributed by atoms with Gasteiger partial charge in [0.1, 0.15) is 6.61 Å². The predicted octanol–water partition coefficient (Wildman–Crippen LogP) is 4.10. The van der Waals surface area contributed by atoms with E-state index in [1.807, 2.05) is 29.3 Å². The number of amides is 1. The molecular formula is C22H20N2O3. The van der Waals surface area contributed by atoms with Crippen molar-refractivity contribution in [3.8, 4) is 11.5 Å². The van der Waals surface area contributed by atoms with Crippen molar-refractivity contribution in [1.82, 2.24) is 0 Å². The molecule has 2 aromatic rings. The molecule has 0 fully saturated rings. The van der Waals surface area contributed by atoms with Gasteiger partial charge in [-0.2, -0.15) is 0 Å². The molecule has 0 bridgehead atoms. The number of para-hydroxylation sites is 1. The molecular weight excluding hydrogens is 340 g/mol. The smallest absolute Gasteiger partial charge is 0.261 e. The number of benzene rings is 2. The second-order valence-electron chi connectivity index (χ2n) is 6.52. The number of anilines is 1. The summed E-state index contributed by atoms with van der Waals surface area (Å²) >= 11 is 0. The van der Waals surface area contributed by atoms with Crippen LogP contribution in [0, 0.1) is 0 Å². The van der Waals surface area contributed by atoms with Gasteiger partial charge in [0.15, 0.2) is 11.5 Å². The van der Waals surface area contributed by atoms with Crippen LogP contribution in [0.4, 0.5) is 11.4 Å². The molecule has 5 heteroatoms. The average Bonchev–Trinajstić information content (AvgIpc) is 3.01. The molecule has 1 amide bonds. The van der Waals surface area contributed by atoms with Gasteiger partial charge in [-0.05, 0) is 23.3 Å². The zero-order valence-corrected chi connectivity index (χ0v) is 15.1. The van der Waals surface area contributed by atoms with Crippen molar-refractivity contribution in [2.24, 2.45) is 4.99 Å². The molecule has 2 aliphatic heterocycles. The number of rotatable bonds is 5. The van der Waals surface area contributed by atoms with E-state index in [0.717, 1.165) is 23.2 Å². The van der Waals surface area contributed by atoms with Crippen LogP contribution in [0.15, 0.2) is 66.2 Å². The molecule has 0 radical (unpaired) electrons. The minimum absolute atomic E-state index is 0.0850. The van der Waals surface area contributed by atoms with Crippen LogP contribution in [0.3, 0.4) is 0 Å². The lowest BCUT2D eigenvalue weighted by Gasteiger charge is -2.22. The van der Waals surface area contributed by atoms with E-state index in [-0.39, 0.29) is 11.9 Å². The number of carbonyl (C=O) groups is 1. The topological polar surface area (TPSA) is 51.1 Å². The number of methoxy groups -OCH3 is 1. The summed E-state index contributed by atoms with van der Waals surface area (Å²) in [4.78, 5) is 19.7. The Morgan fingerprint density at radius 1 is 1.33 bits per heavy atom. The summed E-state index contributed by atoms with van der Waals surface area (Å²) in [5, 5.41) is 0. The maximum atomic E-state index is 13.3. The molecule has 2 heterocycles. The lowest BCUT2D eigenvalue weighted by atomic mass is 10.1. The Bertz CT molecular complexity index is 978. The van der Waals surface area contributed by atoms with Gasteiger partial charge in [-0.3, -0.25) is 14.7 Å². The fourth-order valence-corrected chi connectivity index (χ4v) is 3.42. The van der Waals surface area contributed by atoms with E-state index >= 15 is 0 Å². The summed E-state index contributed by atoms with van der Waals surface area (Å²) < 4.78 is 11.2. The number of aliphatic imine (C=N–C) groups is 1. The number of hydrogen-bond acceptors (Lipinski definition) is 4. The van der Waals surface area contributed by atoms with E-state index in [1.54, 1.807) is 25.3 Å². The van der Waals surface area contributed by atoms with Crippen molar-refractivity contribution >= 4 is 23.5 Å². The molecule has 1 unspecified atom stereocenters. The third-order valence-corrected chi connectivity index (χ3v) is 4.83. The van der Waals surface area contributed by atoms with Crippen molar-refractivity contribution in [2.75, 3.05) is 18.6 Å². The lowest BCUT2D eigenvalue weighted by molar-refractivity contribution is 0.0986. The van der Waals surface area contributed by atoms with Crippen LogP contribution in [-0.4, -0.2) is 31.9 Å². The number of fused-ring (bicyclic) bond motifs is 4. The van der Waals surface area contributed by atoms with Crippen molar-refractivity contribution in [3.05, 3.63) is 72.3 Å². The molecule has 4 rings (SSSR count). The van der Waals surface area contributed by atoms with Gasteiger partial charge in [-0.1, -0.05) is 37.4 Å². The molecule has 2 aromatic carbocycles. The van der Waals surface area contributed by atoms with Gasteiger partial charge < -0.3 is 9.47 Å². The Labute approximate surface area is 158 Å². The SMILES string of the molecule is C=CC(=C)COc1cc2c(cc1OC)C(=O)N1c3ccccc3CC1C=N2. The Morgan fingerprint density at radius 3 is 2.93 bits per heavy atom. The summed E-state index contributed by atoms with van der Waals surface area (Å²) in [5.74, 6) is 0.921. The minimum atomic E-state index is -0.0854. The standard InChI is InChI=1S/C22H20N2O3/c1-4-14(2)13-27-21-11-18-17(10-20(21)26-3)22(25)24-16(12-23-18)9-15-7-5-6-8-19(15)24/h4-8,10-12,16H,1-2,9,13H2,3H3. The van der Waals surface area contributed by atoms with Crippen molar-refractivity contribution in [1.29, 1.82) is 0 Å². The zero-order valence-electron chi connectivity index (χ0n) is 15.1. The first-order valence-corrected chi connectivity index (χ1v) is 8.73. The molecule has 2 aliphatic rings. The Kier molecular flexibility index (Phi) is 4.28. The molecule has 0 aliphatic carbocycles. The van der Waals surface area contributed by atoms with Crippen LogP contribution < -0.4 is 14.4 Å². The Morgan fingerprint density at radius 2 is 2.15 bits per heavy atom. The van der Waals surface area contributed by atoms with Crippen LogP contribution in [0.1, 0.15) is 15.9 Å². The molecule has 0 saturated heterocycles. The number of ether oxygens (including phenoxy) is 2. The fourth-order valence-electron chi connectivity index (χ4n) is 3.42. The van der Waals surface area contributed by atoms with E-state index in [4.69, 9.17) is 9.47 Å². The molecule has 1 atom stereocenters. The van der Waals surface area contributed by atoms with Gasteiger partial charge in [0.05, 0.1) is 24.4 Å². The van der Waals surface area contributed by atoms with Crippen LogP contribution in [0.5, 0.6) is 11.5 Å². The molecule has 27 heavy (non-hydrogen) atoms. The van der Waals surface area contributed by atoms with Gasteiger partial charge in [-0.25, -0.2) is 0 Å². The van der Waals surface area contributed by atoms with E-state index < -0.39 is 0 Å². The zero-order chi connectivity index (χ0) is 19.0. The average molecular weight is 360 g/mol. The molecule has 0 saturated carbocycles. The number of carbonyl (C=O) groups excluding carboxylic acids is 1. The van der Waals surface area contributed by atoms with Crippen LogP contribution in [0.25, 0.3) is 0 Å². The Balaban J connectivity index is 1.74. The molecule has 0 aromatic heterocycles. The number of nitrogens with zero attached hydrogens (tertiary/aromatic N) is 2. The first-order chi connectivity index (χ1) is 13.1. The number of hydrogen-bond donors (Lipinski definition) is 0. The summed E-state index contributed by atoms with van der Waals surface area (Å²) in [5.41, 5.74) is 3.92. The van der Waals surface area contributed by atoms with Gasteiger partial charge in [-0.15, -0.1) is 0 Å². The highest BCUT2D eigenvalue weighted by Crippen LogP contribution is 2.40. The van der Waals surface area contributed by atoms with Gasteiger partial charge in [0, 0.05) is 24.4 Å². The van der Waals surface area contributed by atoms with Crippen molar-refractivity contribution < 1.29 is 14.3 Å². The quantitative estimate of drug-likeness (QED) is 0.754. The highest BCUT2D eigenvalue weighted by Gasteiger charge is 2.36. The van der Waals surface area contributed by atoms with Crippen LogP contribution in [0.2, 0.25) is 0 Å². The summed E-state index contributed by atoms with van der Waals surface area (Å²) in [6.07, 6.45) is 4.24. The maximum absolute atomic E-state index is 13.3. The summed E-state index contributed by atoms with van der Waals surface area (Å²) in [6, 6.07) is 11.3. The van der Waals surface area contributed by atoms with E-state index in [9.17, 15) is 4.79 Å². The van der Waals surface area contributed by atoms with Crippen LogP contribution >= 0.6 is 0 Å². The maximum Gasteiger partial charge on any atom is 0.261 e. The van der Waals surface area contributed by atoms with Gasteiger partial charge >= 0.3 is 0 Å². The minimum Gasteiger partial charge on any atom is -0.493 e. The van der Waals surface area contributed by atoms with E-state index in [0.29, 0.717) is 29.4 Å². The van der Waals surface area contributed by atoms with E-state index in [1.165, 1.54) is 0 Å². The summed E-state index contributed by atoms with van der Waals surface area (Å²) in [7, 11) is 1.55. The summed E-state index contributed by atoms with van der Waals surface area (Å²) in [6.45, 7) is 7.81. The molecule has 0 spiro atoms. The highest BCUT2D eigenvalue weighted by molar-refractivity contribution is 6.14. The van der Waals surface area contributed by atoms with Crippen molar-refractivity contribution in [3.63, 3.8) is 0 Å². The second kappa shape index (κ2) is 6.76. The highest BCUT2D eigenvalue weighted by atomic mass is 16.5.